The quantitative estimate of drug-likeness (QED) is 0.437. The molecule has 4 rings (SSSR count). The third kappa shape index (κ3) is 3.55. The van der Waals surface area contributed by atoms with Gasteiger partial charge in [0.1, 0.15) is 5.82 Å². The van der Waals surface area contributed by atoms with Gasteiger partial charge in [-0.15, -0.1) is 0 Å². The number of hydrogen-bond acceptors (Lipinski definition) is 4. The molecule has 0 aliphatic heterocycles. The van der Waals surface area contributed by atoms with Crippen molar-refractivity contribution in [3.8, 4) is 34.0 Å². The predicted molar refractivity (Wildman–Crippen MR) is 116 cm³/mol. The Bertz CT molecular complexity index is 1200. The van der Waals surface area contributed by atoms with Crippen molar-refractivity contribution >= 4 is 34.8 Å². The summed E-state index contributed by atoms with van der Waals surface area (Å²) in [5, 5.41) is 0.918. The summed E-state index contributed by atoms with van der Waals surface area (Å²) >= 11 is 12.7. The van der Waals surface area contributed by atoms with Gasteiger partial charge in [0, 0.05) is 5.56 Å². The predicted octanol–water partition coefficient (Wildman–Crippen LogP) is 4.79. The molecule has 1 amide bonds. The molecule has 0 atom stereocenters. The lowest BCUT2D eigenvalue weighted by molar-refractivity contribution is 0.0996. The number of pyridine rings is 1. The van der Waals surface area contributed by atoms with E-state index in [1.807, 2.05) is 30.3 Å². The summed E-state index contributed by atoms with van der Waals surface area (Å²) in [6, 6.07) is 18.1. The number of anilines is 1. The Morgan fingerprint density at radius 3 is 2.24 bits per heavy atom. The second-order valence-electron chi connectivity index (χ2n) is 6.27. The van der Waals surface area contributed by atoms with Crippen LogP contribution in [0, 0.1) is 0 Å². The molecule has 4 aromatic rings. The Morgan fingerprint density at radius 1 is 0.897 bits per heavy atom. The molecule has 2 aromatic carbocycles. The highest BCUT2D eigenvalue weighted by Crippen LogP contribution is 2.37. The monoisotopic (exact) mass is 423 g/mol. The summed E-state index contributed by atoms with van der Waals surface area (Å²) < 4.78 is 0. The number of halogens is 2. The normalized spacial score (nSPS) is 10.8. The summed E-state index contributed by atoms with van der Waals surface area (Å²) in [6.07, 6.45) is 0. The van der Waals surface area contributed by atoms with Crippen LogP contribution in [0.3, 0.4) is 0 Å². The fourth-order valence-electron chi connectivity index (χ4n) is 3.01. The van der Waals surface area contributed by atoms with Crippen LogP contribution in [0.25, 0.3) is 34.0 Å². The van der Waals surface area contributed by atoms with Crippen molar-refractivity contribution < 1.29 is 4.79 Å². The van der Waals surface area contributed by atoms with E-state index >= 15 is 0 Å². The number of imidazole rings is 1. The van der Waals surface area contributed by atoms with Crippen molar-refractivity contribution in [3.05, 3.63) is 76.4 Å². The number of aromatic nitrogens is 3. The number of nitrogens with zero attached hydrogens (tertiary/aromatic N) is 2. The Morgan fingerprint density at radius 2 is 1.59 bits per heavy atom. The van der Waals surface area contributed by atoms with Gasteiger partial charge in [-0.1, -0.05) is 59.6 Å². The van der Waals surface area contributed by atoms with Crippen molar-refractivity contribution in [2.75, 3.05) is 5.73 Å². The number of H-pyrrole nitrogens is 1. The van der Waals surface area contributed by atoms with E-state index in [4.69, 9.17) is 39.7 Å². The molecule has 0 aliphatic carbocycles. The first kappa shape index (κ1) is 19.0. The molecule has 0 saturated heterocycles. The third-order valence-electron chi connectivity index (χ3n) is 4.37. The van der Waals surface area contributed by atoms with Crippen molar-refractivity contribution in [3.63, 3.8) is 0 Å². The zero-order valence-corrected chi connectivity index (χ0v) is 16.5. The molecular formula is C21H15Cl2N5O. The molecule has 0 spiro atoms. The van der Waals surface area contributed by atoms with Gasteiger partial charge in [0.2, 0.25) is 0 Å². The van der Waals surface area contributed by atoms with Crippen LogP contribution in [0.1, 0.15) is 10.5 Å². The number of benzene rings is 2. The second kappa shape index (κ2) is 7.58. The Balaban J connectivity index is 1.97. The zero-order valence-electron chi connectivity index (χ0n) is 15.0. The molecule has 0 fully saturated rings. The van der Waals surface area contributed by atoms with Crippen LogP contribution >= 0.6 is 23.2 Å². The Hall–Kier alpha value is -3.35. The highest BCUT2D eigenvalue weighted by Gasteiger charge is 2.20. The minimum Gasteiger partial charge on any atom is -0.397 e. The lowest BCUT2D eigenvalue weighted by Gasteiger charge is -2.06. The molecule has 0 aliphatic rings. The largest absolute Gasteiger partial charge is 0.397 e. The number of primary amides is 1. The number of nitrogens with two attached hydrogens (primary N) is 2. The maximum Gasteiger partial charge on any atom is 0.269 e. The van der Waals surface area contributed by atoms with Gasteiger partial charge in [0.05, 0.1) is 38.4 Å². The maximum absolute atomic E-state index is 11.7. The smallest absolute Gasteiger partial charge is 0.269 e. The van der Waals surface area contributed by atoms with E-state index in [1.165, 1.54) is 0 Å². The number of nitrogen functional groups attached to an aromatic ring is 1. The molecule has 8 heteroatoms. The molecule has 5 N–H and O–H groups in total. The van der Waals surface area contributed by atoms with E-state index in [2.05, 4.69) is 9.97 Å². The van der Waals surface area contributed by atoms with Crippen LogP contribution in [0.4, 0.5) is 5.69 Å². The molecule has 6 nitrogen and oxygen atoms in total. The molecule has 144 valence electrons. The first-order valence-electron chi connectivity index (χ1n) is 8.62. The number of aromatic amines is 1. The van der Waals surface area contributed by atoms with Crippen molar-refractivity contribution in [1.29, 1.82) is 0 Å². The van der Waals surface area contributed by atoms with Crippen LogP contribution in [-0.4, -0.2) is 20.9 Å². The van der Waals surface area contributed by atoms with Gasteiger partial charge in [0.25, 0.3) is 5.91 Å². The van der Waals surface area contributed by atoms with E-state index in [0.717, 1.165) is 5.56 Å². The number of nitrogens with one attached hydrogen (secondary N) is 1. The average molecular weight is 424 g/mol. The second-order valence-corrected chi connectivity index (χ2v) is 7.08. The van der Waals surface area contributed by atoms with Crippen LogP contribution in [0.2, 0.25) is 10.0 Å². The first-order chi connectivity index (χ1) is 14.0. The lowest BCUT2D eigenvalue weighted by Crippen LogP contribution is -2.16. The molecule has 2 heterocycles. The molecule has 0 radical (unpaired) electrons. The summed E-state index contributed by atoms with van der Waals surface area (Å²) in [7, 11) is 0. The fourth-order valence-corrected chi connectivity index (χ4v) is 3.59. The Labute approximate surface area is 176 Å². The van der Waals surface area contributed by atoms with Crippen LogP contribution in [0.15, 0.2) is 60.7 Å². The van der Waals surface area contributed by atoms with Crippen LogP contribution < -0.4 is 11.5 Å². The molecule has 0 bridgehead atoms. The van der Waals surface area contributed by atoms with E-state index in [0.29, 0.717) is 38.5 Å². The van der Waals surface area contributed by atoms with Gasteiger partial charge >= 0.3 is 0 Å². The molecular weight excluding hydrogens is 409 g/mol. The molecule has 0 unspecified atom stereocenters. The summed E-state index contributed by atoms with van der Waals surface area (Å²) in [4.78, 5) is 24.0. The van der Waals surface area contributed by atoms with Crippen LogP contribution in [-0.2, 0) is 0 Å². The minimum atomic E-state index is -0.709. The fraction of sp³-hybridized carbons (Fsp3) is 0. The highest BCUT2D eigenvalue weighted by atomic mass is 35.5. The molecule has 29 heavy (non-hydrogen) atoms. The molecule has 2 aromatic heterocycles. The lowest BCUT2D eigenvalue weighted by atomic mass is 10.1. The number of rotatable bonds is 4. The SMILES string of the molecule is NC(=O)c1nc(-c2[nH]c(-c3c(Cl)cccc3Cl)nc2-c2ccccc2)ccc1N. The van der Waals surface area contributed by atoms with Crippen molar-refractivity contribution in [1.82, 2.24) is 15.0 Å². The summed E-state index contributed by atoms with van der Waals surface area (Å²) in [6.45, 7) is 0. The highest BCUT2D eigenvalue weighted by molar-refractivity contribution is 6.39. The minimum absolute atomic E-state index is 0.00608. The standard InChI is InChI=1S/C21H15Cl2N5O/c22-12-7-4-8-13(23)16(12)21-27-17(11-5-2-1-3-6-11)19(28-21)15-10-9-14(24)18(26-15)20(25)29/h1-10H,24H2,(H2,25,29)(H,27,28). The third-order valence-corrected chi connectivity index (χ3v) is 5.00. The number of carbonyl (C=O) groups excluding carboxylic acids is 1. The van der Waals surface area contributed by atoms with E-state index in [-0.39, 0.29) is 11.4 Å². The summed E-state index contributed by atoms with van der Waals surface area (Å²) in [5.74, 6) is -0.229. The van der Waals surface area contributed by atoms with E-state index in [1.54, 1.807) is 30.3 Å². The van der Waals surface area contributed by atoms with Gasteiger partial charge in [-0.25, -0.2) is 9.97 Å². The van der Waals surface area contributed by atoms with Gasteiger partial charge < -0.3 is 16.5 Å². The number of amides is 1. The zero-order chi connectivity index (χ0) is 20.5. The topological polar surface area (TPSA) is 111 Å². The van der Waals surface area contributed by atoms with Gasteiger partial charge in [-0.05, 0) is 24.3 Å². The van der Waals surface area contributed by atoms with Crippen molar-refractivity contribution in [2.24, 2.45) is 5.73 Å². The average Bonchev–Trinajstić information content (AvgIpc) is 3.13. The maximum atomic E-state index is 11.7. The van der Waals surface area contributed by atoms with Gasteiger partial charge in [0.15, 0.2) is 5.69 Å². The van der Waals surface area contributed by atoms with E-state index in [9.17, 15) is 4.79 Å². The Kier molecular flexibility index (Phi) is 4.96. The van der Waals surface area contributed by atoms with Crippen LogP contribution in [0.5, 0.6) is 0 Å². The van der Waals surface area contributed by atoms with Gasteiger partial charge in [-0.3, -0.25) is 4.79 Å². The number of carbonyl (C=O) groups is 1. The van der Waals surface area contributed by atoms with Gasteiger partial charge in [-0.2, -0.15) is 0 Å². The number of hydrogen-bond donors (Lipinski definition) is 3. The summed E-state index contributed by atoms with van der Waals surface area (Å²) in [5.41, 5.74) is 14.5. The first-order valence-corrected chi connectivity index (χ1v) is 9.38. The molecule has 0 saturated carbocycles. The van der Waals surface area contributed by atoms with Crippen molar-refractivity contribution in [2.45, 2.75) is 0 Å². The van der Waals surface area contributed by atoms with E-state index < -0.39 is 5.91 Å².